The third kappa shape index (κ3) is 4.14. The van der Waals surface area contributed by atoms with E-state index >= 15 is 0 Å². The van der Waals surface area contributed by atoms with Crippen LogP contribution in [0.3, 0.4) is 0 Å². The number of aliphatic hydroxyl groups excluding tert-OH is 1. The zero-order chi connectivity index (χ0) is 27.6. The molecule has 0 heterocycles. The van der Waals surface area contributed by atoms with Gasteiger partial charge in [-0.15, -0.1) is 0 Å². The summed E-state index contributed by atoms with van der Waals surface area (Å²) in [5, 5.41) is 33.4. The Labute approximate surface area is 216 Å². The number of esters is 1. The lowest BCUT2D eigenvalue weighted by Gasteiger charge is -2.61. The van der Waals surface area contributed by atoms with Crippen molar-refractivity contribution in [3.05, 3.63) is 11.6 Å². The maximum absolute atomic E-state index is 14.0. The fourth-order valence-corrected chi connectivity index (χ4v) is 8.85. The van der Waals surface area contributed by atoms with Gasteiger partial charge in [0.25, 0.3) is 0 Å². The lowest BCUT2D eigenvalue weighted by Crippen LogP contribution is -2.60. The van der Waals surface area contributed by atoms with Gasteiger partial charge in [0, 0.05) is 31.1 Å². The first-order chi connectivity index (χ1) is 17.1. The molecule has 4 aliphatic carbocycles. The molecule has 0 amide bonds. The minimum atomic E-state index is -2.14. The number of ether oxygens (including phenoxy) is 1. The predicted octanol–water partition coefficient (Wildman–Crippen LogP) is 1.98. The predicted molar refractivity (Wildman–Crippen MR) is 128 cm³/mol. The van der Waals surface area contributed by atoms with Crippen molar-refractivity contribution in [3.63, 3.8) is 0 Å². The molecule has 0 bridgehead atoms. The Morgan fingerprint density at radius 1 is 1.16 bits per heavy atom. The summed E-state index contributed by atoms with van der Waals surface area (Å²) >= 11 is 0. The van der Waals surface area contributed by atoms with E-state index in [9.17, 15) is 39.3 Å². The van der Waals surface area contributed by atoms with Crippen molar-refractivity contribution in [2.45, 2.75) is 97.2 Å². The summed E-state index contributed by atoms with van der Waals surface area (Å²) in [6.45, 7) is 6.16. The highest BCUT2D eigenvalue weighted by atomic mass is 16.6. The van der Waals surface area contributed by atoms with Gasteiger partial charge in [0.2, 0.25) is 5.60 Å². The van der Waals surface area contributed by atoms with Gasteiger partial charge in [0.05, 0.1) is 12.5 Å². The summed E-state index contributed by atoms with van der Waals surface area (Å²) in [6.07, 6.45) is 3.16. The van der Waals surface area contributed by atoms with Gasteiger partial charge in [0.1, 0.15) is 5.78 Å². The number of aliphatic hydroxyl groups is 1. The summed E-state index contributed by atoms with van der Waals surface area (Å²) in [7, 11) is 0. The lowest BCUT2D eigenvalue weighted by molar-refractivity contribution is -0.309. The van der Waals surface area contributed by atoms with E-state index in [0.29, 0.717) is 25.7 Å². The Hall–Kier alpha value is -2.55. The van der Waals surface area contributed by atoms with Gasteiger partial charge in [-0.1, -0.05) is 19.4 Å². The standard InChI is InChI=1S/C28H38O9/c1-15(29)37-27(4,24(35)36)13-21(32)28(14-22(33)34)10-8-19-18-6-5-16-11-17(30)7-9-25(16,2)23(18)20(31)12-26(19,28)3/h11,18-20,23,31H,5-10,12-14H2,1-4H3,(H,33,34)(H,35,36)/p-1/t18-,19-,20-,23+,25-,26-,27?,28-/m0/s1. The smallest absolute Gasteiger partial charge is 0.348 e. The number of Topliss-reactive ketones (excluding diaryl/α,β-unsaturated/α-hetero) is 1. The van der Waals surface area contributed by atoms with Crippen LogP contribution in [0.15, 0.2) is 11.6 Å². The molecule has 0 aromatic heterocycles. The molecule has 9 heteroatoms. The second-order valence-electron chi connectivity index (χ2n) is 12.5. The molecule has 3 fully saturated rings. The quantitative estimate of drug-likeness (QED) is 0.482. The van der Waals surface area contributed by atoms with Crippen molar-refractivity contribution in [1.82, 2.24) is 0 Å². The second-order valence-corrected chi connectivity index (χ2v) is 12.5. The van der Waals surface area contributed by atoms with Gasteiger partial charge in [-0.05, 0) is 80.1 Å². The molecule has 9 nitrogen and oxygen atoms in total. The SMILES string of the molecule is CC(=O)OC(C)(CC(=O)[C@@]1(CC(=O)[O-])CC[C@H]2[C@@H]3CCC4=CC(=O)CC[C@]4(C)[C@H]3[C@@H](O)C[C@@]21C)C(=O)O. The minimum absolute atomic E-state index is 0.0276. The van der Waals surface area contributed by atoms with Crippen molar-refractivity contribution < 1.29 is 44.0 Å². The van der Waals surface area contributed by atoms with Gasteiger partial charge >= 0.3 is 11.9 Å². The third-order valence-corrected chi connectivity index (χ3v) is 10.6. The van der Waals surface area contributed by atoms with Crippen LogP contribution < -0.4 is 5.11 Å². The van der Waals surface area contributed by atoms with Gasteiger partial charge in [-0.2, -0.15) is 0 Å². The maximum atomic E-state index is 14.0. The topological polar surface area (TPSA) is 158 Å². The minimum Gasteiger partial charge on any atom is -0.550 e. The molecule has 37 heavy (non-hydrogen) atoms. The van der Waals surface area contributed by atoms with Crippen molar-refractivity contribution in [1.29, 1.82) is 0 Å². The van der Waals surface area contributed by atoms with Crippen molar-refractivity contribution in [2.75, 3.05) is 0 Å². The van der Waals surface area contributed by atoms with E-state index in [1.165, 1.54) is 0 Å². The molecule has 0 aliphatic heterocycles. The molecule has 204 valence electrons. The second kappa shape index (κ2) is 9.03. The average molecular weight is 518 g/mol. The van der Waals surface area contributed by atoms with Gasteiger partial charge in [-0.3, -0.25) is 14.4 Å². The molecule has 0 aromatic rings. The van der Waals surface area contributed by atoms with Crippen LogP contribution >= 0.6 is 0 Å². The highest BCUT2D eigenvalue weighted by Gasteiger charge is 2.68. The van der Waals surface area contributed by atoms with E-state index in [1.807, 2.05) is 6.92 Å². The number of carboxylic acid groups (broad SMARTS) is 2. The van der Waals surface area contributed by atoms with Crippen LogP contribution in [0.25, 0.3) is 0 Å². The number of aliphatic carboxylic acids is 2. The Morgan fingerprint density at radius 2 is 1.84 bits per heavy atom. The van der Waals surface area contributed by atoms with Crippen molar-refractivity contribution >= 4 is 29.5 Å². The third-order valence-electron chi connectivity index (χ3n) is 10.6. The van der Waals surface area contributed by atoms with Gasteiger partial charge in [-0.25, -0.2) is 4.79 Å². The number of hydrogen-bond acceptors (Lipinski definition) is 8. The molecule has 4 rings (SSSR count). The summed E-state index contributed by atoms with van der Waals surface area (Å²) < 4.78 is 5.03. The number of ketones is 2. The fourth-order valence-electron chi connectivity index (χ4n) is 8.85. The largest absolute Gasteiger partial charge is 0.550 e. The monoisotopic (exact) mass is 517 g/mol. The van der Waals surface area contributed by atoms with E-state index in [4.69, 9.17) is 4.74 Å². The summed E-state index contributed by atoms with van der Waals surface area (Å²) in [6, 6.07) is 0. The van der Waals surface area contributed by atoms with Crippen LogP contribution in [0.2, 0.25) is 0 Å². The zero-order valence-corrected chi connectivity index (χ0v) is 22.0. The van der Waals surface area contributed by atoms with E-state index in [1.54, 1.807) is 6.08 Å². The number of fused-ring (bicyclic) bond motifs is 5. The highest BCUT2D eigenvalue weighted by Crippen LogP contribution is 2.71. The lowest BCUT2D eigenvalue weighted by atomic mass is 9.43. The molecule has 2 N–H and O–H groups in total. The van der Waals surface area contributed by atoms with E-state index in [0.717, 1.165) is 25.8 Å². The van der Waals surface area contributed by atoms with Crippen LogP contribution in [0, 0.1) is 34.0 Å². The van der Waals surface area contributed by atoms with Crippen molar-refractivity contribution in [2.24, 2.45) is 34.0 Å². The molecule has 0 saturated heterocycles. The molecule has 8 atom stereocenters. The summed E-state index contributed by atoms with van der Waals surface area (Å²) in [5.41, 5.74) is -3.78. The van der Waals surface area contributed by atoms with Crippen LogP contribution in [0.5, 0.6) is 0 Å². The van der Waals surface area contributed by atoms with E-state index < -0.39 is 59.1 Å². The van der Waals surface area contributed by atoms with E-state index in [2.05, 4.69) is 6.92 Å². The Bertz CT molecular complexity index is 1080. The molecule has 0 radical (unpaired) electrons. The number of carbonyl (C=O) groups is 5. The molecule has 4 aliphatic rings. The number of rotatable bonds is 7. The fraction of sp³-hybridized carbons (Fsp3) is 0.750. The van der Waals surface area contributed by atoms with Crippen LogP contribution in [0.4, 0.5) is 0 Å². The van der Waals surface area contributed by atoms with Crippen molar-refractivity contribution in [3.8, 4) is 0 Å². The number of carbonyl (C=O) groups excluding carboxylic acids is 4. The average Bonchev–Trinajstić information content (AvgIpc) is 3.05. The van der Waals surface area contributed by atoms with Gasteiger partial charge in [0.15, 0.2) is 5.78 Å². The normalized spacial score (nSPS) is 40.4. The molecular formula is C28H37O9-. The number of carboxylic acids is 2. The van der Waals surface area contributed by atoms with Crippen LogP contribution in [-0.2, 0) is 28.7 Å². The first kappa shape index (κ1) is 27.5. The molecule has 1 unspecified atom stereocenters. The summed E-state index contributed by atoms with van der Waals surface area (Å²) in [4.78, 5) is 61.7. The molecule has 0 aromatic carbocycles. The summed E-state index contributed by atoms with van der Waals surface area (Å²) in [5.74, 6) is -4.40. The van der Waals surface area contributed by atoms with Crippen LogP contribution in [-0.4, -0.2) is 51.4 Å². The number of allylic oxidation sites excluding steroid dienone is 1. The molecular weight excluding hydrogens is 480 g/mol. The first-order valence-electron chi connectivity index (χ1n) is 13.2. The van der Waals surface area contributed by atoms with Crippen LogP contribution in [0.1, 0.15) is 85.5 Å². The zero-order valence-electron chi connectivity index (χ0n) is 22.0. The Morgan fingerprint density at radius 3 is 2.43 bits per heavy atom. The molecule has 3 saturated carbocycles. The highest BCUT2D eigenvalue weighted by molar-refractivity contribution is 5.95. The number of hydrogen-bond donors (Lipinski definition) is 2. The van der Waals surface area contributed by atoms with E-state index in [-0.39, 0.29) is 41.8 Å². The molecule has 0 spiro atoms. The Balaban J connectivity index is 1.73. The Kier molecular flexibility index (Phi) is 6.71. The van der Waals surface area contributed by atoms with Gasteiger partial charge < -0.3 is 24.9 Å². The maximum Gasteiger partial charge on any atom is 0.348 e. The first-order valence-corrected chi connectivity index (χ1v) is 13.2.